The zero-order valence-electron chi connectivity index (χ0n) is 20.4. The summed E-state index contributed by atoms with van der Waals surface area (Å²) in [5.74, 6) is -0.133. The van der Waals surface area contributed by atoms with Gasteiger partial charge in [0.1, 0.15) is 10.7 Å². The van der Waals surface area contributed by atoms with E-state index in [0.717, 1.165) is 34.4 Å². The number of benzene rings is 2. The Kier molecular flexibility index (Phi) is 10.1. The van der Waals surface area contributed by atoms with Crippen molar-refractivity contribution < 1.29 is 18.0 Å². The van der Waals surface area contributed by atoms with Crippen molar-refractivity contribution in [2.75, 3.05) is 39.3 Å². The van der Waals surface area contributed by atoms with Gasteiger partial charge in [0.25, 0.3) is 0 Å². The second kappa shape index (κ2) is 13.0. The topological polar surface area (TPSA) is 120 Å². The number of carbonyl (C=O) groups excluding carboxylic acids is 2. The van der Waals surface area contributed by atoms with Gasteiger partial charge in [0, 0.05) is 30.2 Å². The number of nitrogens with zero attached hydrogens (tertiary/aromatic N) is 2. The molecule has 0 saturated carbocycles. The molecule has 0 bridgehead atoms. The Morgan fingerprint density at radius 3 is 2.51 bits per heavy atom. The summed E-state index contributed by atoms with van der Waals surface area (Å²) >= 11 is 12.2. The fraction of sp³-hybridized carbons (Fsp3) is 0.320. The summed E-state index contributed by atoms with van der Waals surface area (Å²) in [5, 5.41) is 8.73. The van der Waals surface area contributed by atoms with Crippen molar-refractivity contribution in [1.82, 2.24) is 20.3 Å². The van der Waals surface area contributed by atoms with Crippen molar-refractivity contribution in [2.24, 2.45) is 4.99 Å². The SMILES string of the molecule is C=CCN(CC(=O)NCC(=O)NCCc1ccc(C2=NCCN2)cc1)S(=O)(=O)c1ccc(Cl)c(C)c1Cl. The minimum absolute atomic E-state index is 0.0139. The number of nitrogens with one attached hydrogen (secondary N) is 3. The number of rotatable bonds is 12. The Bertz CT molecular complexity index is 1300. The van der Waals surface area contributed by atoms with E-state index in [1.165, 1.54) is 18.2 Å². The fourth-order valence-corrected chi connectivity index (χ4v) is 5.74. The zero-order valence-corrected chi connectivity index (χ0v) is 22.7. The molecule has 0 unspecified atom stereocenters. The second-order valence-electron chi connectivity index (χ2n) is 8.30. The monoisotopic (exact) mass is 565 g/mol. The van der Waals surface area contributed by atoms with Crippen molar-refractivity contribution >= 4 is 50.9 Å². The van der Waals surface area contributed by atoms with E-state index in [9.17, 15) is 18.0 Å². The van der Waals surface area contributed by atoms with Gasteiger partial charge >= 0.3 is 0 Å². The average Bonchev–Trinajstić information content (AvgIpc) is 3.41. The van der Waals surface area contributed by atoms with E-state index < -0.39 is 22.5 Å². The van der Waals surface area contributed by atoms with Gasteiger partial charge in [-0.3, -0.25) is 14.6 Å². The van der Waals surface area contributed by atoms with E-state index in [1.807, 2.05) is 24.3 Å². The summed E-state index contributed by atoms with van der Waals surface area (Å²) in [6.45, 7) is 6.26. The first-order valence-electron chi connectivity index (χ1n) is 11.6. The molecule has 1 aliphatic heterocycles. The lowest BCUT2D eigenvalue weighted by molar-refractivity contribution is -0.126. The third-order valence-corrected chi connectivity index (χ3v) is 8.50. The van der Waals surface area contributed by atoms with Crippen LogP contribution in [0.2, 0.25) is 10.0 Å². The number of hydrogen-bond acceptors (Lipinski definition) is 6. The van der Waals surface area contributed by atoms with E-state index in [-0.39, 0.29) is 28.9 Å². The first kappa shape index (κ1) is 28.6. The van der Waals surface area contributed by atoms with Crippen LogP contribution in [0.15, 0.2) is 58.9 Å². The van der Waals surface area contributed by atoms with Gasteiger partial charge in [-0.25, -0.2) is 8.42 Å². The predicted molar refractivity (Wildman–Crippen MR) is 146 cm³/mol. The number of hydrogen-bond donors (Lipinski definition) is 3. The summed E-state index contributed by atoms with van der Waals surface area (Å²) in [7, 11) is -4.12. The molecule has 2 aromatic carbocycles. The first-order chi connectivity index (χ1) is 17.6. The number of aliphatic imine (C=N–C) groups is 1. The summed E-state index contributed by atoms with van der Waals surface area (Å²) in [6.07, 6.45) is 1.98. The molecule has 0 aliphatic carbocycles. The molecular formula is C25H29Cl2N5O4S. The van der Waals surface area contributed by atoms with Crippen LogP contribution >= 0.6 is 23.2 Å². The molecule has 2 amide bonds. The maximum absolute atomic E-state index is 13.1. The van der Waals surface area contributed by atoms with Crippen LogP contribution in [0.3, 0.4) is 0 Å². The molecule has 0 saturated heterocycles. The largest absolute Gasteiger partial charge is 0.368 e. The predicted octanol–water partition coefficient (Wildman–Crippen LogP) is 2.30. The van der Waals surface area contributed by atoms with Gasteiger partial charge in [-0.05, 0) is 36.6 Å². The highest BCUT2D eigenvalue weighted by atomic mass is 35.5. The number of halogens is 2. The van der Waals surface area contributed by atoms with Crippen LogP contribution in [0.5, 0.6) is 0 Å². The normalized spacial score (nSPS) is 13.1. The minimum atomic E-state index is -4.12. The molecule has 198 valence electrons. The van der Waals surface area contributed by atoms with Crippen molar-refractivity contribution in [3.8, 4) is 0 Å². The molecule has 12 heteroatoms. The quantitative estimate of drug-likeness (QED) is 0.341. The van der Waals surface area contributed by atoms with E-state index in [1.54, 1.807) is 6.92 Å². The van der Waals surface area contributed by atoms with Crippen LogP contribution in [0.4, 0.5) is 0 Å². The summed E-state index contributed by atoms with van der Waals surface area (Å²) in [4.78, 5) is 28.9. The lowest BCUT2D eigenvalue weighted by Gasteiger charge is -2.21. The number of sulfonamides is 1. The summed E-state index contributed by atoms with van der Waals surface area (Å²) < 4.78 is 27.2. The van der Waals surface area contributed by atoms with Gasteiger partial charge in [0.2, 0.25) is 21.8 Å². The molecule has 0 spiro atoms. The van der Waals surface area contributed by atoms with Gasteiger partial charge in [-0.1, -0.05) is 53.5 Å². The van der Waals surface area contributed by atoms with Crippen LogP contribution in [0.25, 0.3) is 0 Å². The lowest BCUT2D eigenvalue weighted by Crippen LogP contribution is -2.44. The van der Waals surface area contributed by atoms with Crippen molar-refractivity contribution in [3.63, 3.8) is 0 Å². The van der Waals surface area contributed by atoms with Crippen LogP contribution in [0, 0.1) is 6.92 Å². The Morgan fingerprint density at radius 2 is 1.86 bits per heavy atom. The van der Waals surface area contributed by atoms with E-state index in [2.05, 4.69) is 27.5 Å². The molecule has 0 atom stereocenters. The summed E-state index contributed by atoms with van der Waals surface area (Å²) in [6, 6.07) is 10.7. The van der Waals surface area contributed by atoms with Crippen LogP contribution < -0.4 is 16.0 Å². The van der Waals surface area contributed by atoms with E-state index in [4.69, 9.17) is 23.2 Å². The Labute approximate surface area is 227 Å². The highest BCUT2D eigenvalue weighted by Gasteiger charge is 2.29. The first-order valence-corrected chi connectivity index (χ1v) is 13.8. The fourth-order valence-electron chi connectivity index (χ4n) is 3.59. The Morgan fingerprint density at radius 1 is 1.14 bits per heavy atom. The van der Waals surface area contributed by atoms with Crippen molar-refractivity contribution in [3.05, 3.63) is 75.8 Å². The van der Waals surface area contributed by atoms with Crippen LogP contribution in [0.1, 0.15) is 16.7 Å². The molecule has 0 radical (unpaired) electrons. The molecule has 2 aromatic rings. The van der Waals surface area contributed by atoms with E-state index >= 15 is 0 Å². The van der Waals surface area contributed by atoms with Gasteiger partial charge in [0.05, 0.1) is 24.7 Å². The summed E-state index contributed by atoms with van der Waals surface area (Å²) in [5.41, 5.74) is 2.49. The third-order valence-electron chi connectivity index (χ3n) is 5.64. The standard InChI is InChI=1S/C25H29Cl2N5O4S/c1-3-14-32(37(35,36)21-9-8-20(26)17(2)24(21)27)16-23(34)31-15-22(33)28-11-10-18-4-6-19(7-5-18)25-29-12-13-30-25/h3-9H,1,10-16H2,2H3,(H,28,33)(H,29,30)(H,31,34). The van der Waals surface area contributed by atoms with Crippen LogP contribution in [-0.4, -0.2) is 69.6 Å². The molecular weight excluding hydrogens is 537 g/mol. The van der Waals surface area contributed by atoms with E-state index in [0.29, 0.717) is 23.6 Å². The minimum Gasteiger partial charge on any atom is -0.368 e. The van der Waals surface area contributed by atoms with Crippen LogP contribution in [-0.2, 0) is 26.0 Å². The van der Waals surface area contributed by atoms with Gasteiger partial charge in [-0.15, -0.1) is 6.58 Å². The smallest absolute Gasteiger partial charge is 0.245 e. The maximum Gasteiger partial charge on any atom is 0.245 e. The molecule has 9 nitrogen and oxygen atoms in total. The van der Waals surface area contributed by atoms with Crippen molar-refractivity contribution in [1.29, 1.82) is 0 Å². The zero-order chi connectivity index (χ0) is 27.0. The molecule has 1 aliphatic rings. The van der Waals surface area contributed by atoms with Gasteiger partial charge < -0.3 is 16.0 Å². The Balaban J connectivity index is 1.48. The molecule has 1 heterocycles. The van der Waals surface area contributed by atoms with Gasteiger partial charge in [-0.2, -0.15) is 4.31 Å². The Hall–Kier alpha value is -2.92. The molecule has 3 rings (SSSR count). The number of amidine groups is 1. The lowest BCUT2D eigenvalue weighted by atomic mass is 10.1. The molecule has 0 aromatic heterocycles. The van der Waals surface area contributed by atoms with Crippen molar-refractivity contribution in [2.45, 2.75) is 18.2 Å². The third kappa shape index (κ3) is 7.54. The average molecular weight is 567 g/mol. The molecule has 37 heavy (non-hydrogen) atoms. The molecule has 3 N–H and O–H groups in total. The second-order valence-corrected chi connectivity index (χ2v) is 11.0. The highest BCUT2D eigenvalue weighted by molar-refractivity contribution is 7.89. The molecule has 0 fully saturated rings. The highest BCUT2D eigenvalue weighted by Crippen LogP contribution is 2.31. The number of carbonyl (C=O) groups is 2. The number of amides is 2. The van der Waals surface area contributed by atoms with Gasteiger partial charge in [0.15, 0.2) is 0 Å². The maximum atomic E-state index is 13.1.